The molecule has 1 aromatic rings. The summed E-state index contributed by atoms with van der Waals surface area (Å²) in [6, 6.07) is 10.7. The van der Waals surface area contributed by atoms with E-state index in [9.17, 15) is 0 Å². The maximum atomic E-state index is 5.60. The number of benzene rings is 1. The molecule has 1 rings (SSSR count). The normalized spacial score (nSPS) is 12.1. The molecular weight excluding hydrogens is 234 g/mol. The second kappa shape index (κ2) is 8.34. The summed E-state index contributed by atoms with van der Waals surface area (Å²) in [5.41, 5.74) is 1.54. The van der Waals surface area contributed by atoms with Gasteiger partial charge < -0.3 is 10.1 Å². The molecule has 0 saturated carbocycles. The van der Waals surface area contributed by atoms with Crippen LogP contribution in [0.2, 0.25) is 0 Å². The molecule has 0 unspecified atom stereocenters. The van der Waals surface area contributed by atoms with Gasteiger partial charge in [0.25, 0.3) is 0 Å². The Morgan fingerprint density at radius 1 is 1.11 bits per heavy atom. The standard InChI is InChI=1S/C17H29NO/c1-15(2)10-12-19-13-11-18-14-17(3,4)16-8-6-5-7-9-16/h5-9,15,18H,10-14H2,1-4H3. The van der Waals surface area contributed by atoms with E-state index in [0.717, 1.165) is 38.6 Å². The van der Waals surface area contributed by atoms with Crippen molar-refractivity contribution in [2.75, 3.05) is 26.3 Å². The van der Waals surface area contributed by atoms with Crippen molar-refractivity contribution >= 4 is 0 Å². The molecule has 0 aliphatic carbocycles. The van der Waals surface area contributed by atoms with E-state index in [1.54, 1.807) is 0 Å². The first-order chi connectivity index (χ1) is 9.02. The summed E-state index contributed by atoms with van der Waals surface area (Å²) < 4.78 is 5.60. The Kier molecular flexibility index (Phi) is 7.11. The zero-order chi connectivity index (χ0) is 14.1. The fourth-order valence-electron chi connectivity index (χ4n) is 1.96. The van der Waals surface area contributed by atoms with Gasteiger partial charge in [-0.15, -0.1) is 0 Å². The molecule has 19 heavy (non-hydrogen) atoms. The Morgan fingerprint density at radius 2 is 1.79 bits per heavy atom. The van der Waals surface area contributed by atoms with Crippen LogP contribution in [0.3, 0.4) is 0 Å². The molecule has 0 aliphatic heterocycles. The quantitative estimate of drug-likeness (QED) is 0.687. The van der Waals surface area contributed by atoms with Crippen molar-refractivity contribution in [2.45, 2.75) is 39.5 Å². The lowest BCUT2D eigenvalue weighted by Crippen LogP contribution is -2.34. The molecule has 0 bridgehead atoms. The monoisotopic (exact) mass is 263 g/mol. The van der Waals surface area contributed by atoms with Gasteiger partial charge in [-0.25, -0.2) is 0 Å². The highest BCUT2D eigenvalue weighted by Gasteiger charge is 2.19. The van der Waals surface area contributed by atoms with Gasteiger partial charge in [0.1, 0.15) is 0 Å². The molecule has 2 heteroatoms. The van der Waals surface area contributed by atoms with Gasteiger partial charge in [-0.1, -0.05) is 58.0 Å². The van der Waals surface area contributed by atoms with Crippen LogP contribution in [-0.4, -0.2) is 26.3 Å². The average molecular weight is 263 g/mol. The van der Waals surface area contributed by atoms with E-state index in [1.165, 1.54) is 5.56 Å². The first-order valence-electron chi connectivity index (χ1n) is 7.36. The number of ether oxygens (including phenoxy) is 1. The molecule has 0 heterocycles. The third kappa shape index (κ3) is 6.74. The van der Waals surface area contributed by atoms with Crippen LogP contribution in [0.4, 0.5) is 0 Å². The molecule has 0 radical (unpaired) electrons. The fourth-order valence-corrected chi connectivity index (χ4v) is 1.96. The predicted octanol–water partition coefficient (Wildman–Crippen LogP) is 3.62. The van der Waals surface area contributed by atoms with E-state index in [1.807, 2.05) is 0 Å². The van der Waals surface area contributed by atoms with Crippen LogP contribution in [0.15, 0.2) is 30.3 Å². The third-order valence-corrected chi connectivity index (χ3v) is 3.38. The molecule has 0 saturated heterocycles. The van der Waals surface area contributed by atoms with E-state index in [4.69, 9.17) is 4.74 Å². The summed E-state index contributed by atoms with van der Waals surface area (Å²) >= 11 is 0. The topological polar surface area (TPSA) is 21.3 Å². The highest BCUT2D eigenvalue weighted by Crippen LogP contribution is 2.21. The van der Waals surface area contributed by atoms with Gasteiger partial charge in [-0.05, 0) is 17.9 Å². The lowest BCUT2D eigenvalue weighted by molar-refractivity contribution is 0.124. The van der Waals surface area contributed by atoms with E-state index < -0.39 is 0 Å². The van der Waals surface area contributed by atoms with Crippen molar-refractivity contribution in [3.05, 3.63) is 35.9 Å². The summed E-state index contributed by atoms with van der Waals surface area (Å²) in [5.74, 6) is 0.727. The van der Waals surface area contributed by atoms with Crippen molar-refractivity contribution in [1.82, 2.24) is 5.32 Å². The second-order valence-electron chi connectivity index (χ2n) is 6.22. The minimum absolute atomic E-state index is 0.166. The van der Waals surface area contributed by atoms with Crippen molar-refractivity contribution in [1.29, 1.82) is 0 Å². The smallest absolute Gasteiger partial charge is 0.0590 e. The maximum Gasteiger partial charge on any atom is 0.0590 e. The van der Waals surface area contributed by atoms with Crippen molar-refractivity contribution in [3.8, 4) is 0 Å². The molecule has 0 aliphatic rings. The number of rotatable bonds is 9. The molecular formula is C17H29NO. The molecule has 0 atom stereocenters. The van der Waals surface area contributed by atoms with Crippen LogP contribution in [0.25, 0.3) is 0 Å². The van der Waals surface area contributed by atoms with E-state index in [0.29, 0.717) is 0 Å². The van der Waals surface area contributed by atoms with Gasteiger partial charge in [0.05, 0.1) is 6.61 Å². The SMILES string of the molecule is CC(C)CCOCCNCC(C)(C)c1ccccc1. The van der Waals surface area contributed by atoms with Crippen molar-refractivity contribution in [2.24, 2.45) is 5.92 Å². The zero-order valence-electron chi connectivity index (χ0n) is 12.9. The average Bonchev–Trinajstić information content (AvgIpc) is 2.38. The van der Waals surface area contributed by atoms with Gasteiger partial charge in [0.2, 0.25) is 0 Å². The highest BCUT2D eigenvalue weighted by atomic mass is 16.5. The van der Waals surface area contributed by atoms with Crippen LogP contribution in [-0.2, 0) is 10.2 Å². The number of hydrogen-bond donors (Lipinski definition) is 1. The lowest BCUT2D eigenvalue weighted by atomic mass is 9.85. The molecule has 0 spiro atoms. The van der Waals surface area contributed by atoms with Gasteiger partial charge in [-0.2, -0.15) is 0 Å². The Bertz CT molecular complexity index is 332. The zero-order valence-corrected chi connectivity index (χ0v) is 12.9. The number of hydrogen-bond acceptors (Lipinski definition) is 2. The fraction of sp³-hybridized carbons (Fsp3) is 0.647. The Balaban J connectivity index is 2.15. The second-order valence-corrected chi connectivity index (χ2v) is 6.22. The van der Waals surface area contributed by atoms with Crippen LogP contribution in [0.5, 0.6) is 0 Å². The summed E-state index contributed by atoms with van der Waals surface area (Å²) in [6.45, 7) is 12.6. The first kappa shape index (κ1) is 16.2. The summed E-state index contributed by atoms with van der Waals surface area (Å²) in [4.78, 5) is 0. The van der Waals surface area contributed by atoms with Crippen molar-refractivity contribution < 1.29 is 4.74 Å². The summed E-state index contributed by atoms with van der Waals surface area (Å²) in [6.07, 6.45) is 1.15. The summed E-state index contributed by atoms with van der Waals surface area (Å²) in [5, 5.41) is 3.49. The van der Waals surface area contributed by atoms with Crippen LogP contribution in [0.1, 0.15) is 39.7 Å². The third-order valence-electron chi connectivity index (χ3n) is 3.38. The minimum atomic E-state index is 0.166. The molecule has 0 amide bonds. The Morgan fingerprint density at radius 3 is 2.42 bits per heavy atom. The predicted molar refractivity (Wildman–Crippen MR) is 82.6 cm³/mol. The molecule has 0 fully saturated rings. The Labute approximate surface area is 118 Å². The molecule has 2 nitrogen and oxygen atoms in total. The minimum Gasteiger partial charge on any atom is -0.380 e. The van der Waals surface area contributed by atoms with Gasteiger partial charge in [0.15, 0.2) is 0 Å². The van der Waals surface area contributed by atoms with E-state index in [2.05, 4.69) is 63.3 Å². The van der Waals surface area contributed by atoms with Gasteiger partial charge in [-0.3, -0.25) is 0 Å². The van der Waals surface area contributed by atoms with Crippen LogP contribution >= 0.6 is 0 Å². The summed E-state index contributed by atoms with van der Waals surface area (Å²) in [7, 11) is 0. The van der Waals surface area contributed by atoms with Crippen LogP contribution in [0, 0.1) is 5.92 Å². The lowest BCUT2D eigenvalue weighted by Gasteiger charge is -2.25. The molecule has 108 valence electrons. The largest absolute Gasteiger partial charge is 0.380 e. The maximum absolute atomic E-state index is 5.60. The van der Waals surface area contributed by atoms with Crippen LogP contribution < -0.4 is 5.32 Å². The van der Waals surface area contributed by atoms with E-state index >= 15 is 0 Å². The number of nitrogens with one attached hydrogen (secondary N) is 1. The molecule has 1 N–H and O–H groups in total. The van der Waals surface area contributed by atoms with Crippen molar-refractivity contribution in [3.63, 3.8) is 0 Å². The van der Waals surface area contributed by atoms with Gasteiger partial charge >= 0.3 is 0 Å². The van der Waals surface area contributed by atoms with E-state index in [-0.39, 0.29) is 5.41 Å². The Hall–Kier alpha value is -0.860. The molecule has 0 aromatic heterocycles. The highest BCUT2D eigenvalue weighted by molar-refractivity contribution is 5.23. The molecule has 1 aromatic carbocycles. The first-order valence-corrected chi connectivity index (χ1v) is 7.36. The van der Waals surface area contributed by atoms with Gasteiger partial charge in [0, 0.05) is 25.1 Å².